The third-order valence-electron chi connectivity index (χ3n) is 2.65. The molecule has 0 aromatic carbocycles. The van der Waals surface area contributed by atoms with Crippen molar-refractivity contribution in [2.24, 2.45) is 0 Å². The van der Waals surface area contributed by atoms with Crippen LogP contribution in [0.3, 0.4) is 0 Å². The van der Waals surface area contributed by atoms with E-state index in [1.165, 1.54) is 0 Å². The van der Waals surface area contributed by atoms with Crippen molar-refractivity contribution in [2.75, 3.05) is 6.54 Å². The van der Waals surface area contributed by atoms with E-state index in [-0.39, 0.29) is 5.54 Å². The van der Waals surface area contributed by atoms with Crippen LogP contribution in [-0.2, 0) is 18.5 Å². The van der Waals surface area contributed by atoms with Gasteiger partial charge in [0.15, 0.2) is 0 Å². The summed E-state index contributed by atoms with van der Waals surface area (Å²) in [6.07, 6.45) is 0.924. The van der Waals surface area contributed by atoms with Gasteiger partial charge in [0, 0.05) is 25.1 Å². The molecule has 2 rings (SSSR count). The number of nitrogens with zero attached hydrogens (tertiary/aromatic N) is 3. The molecule has 0 fully saturated rings. The monoisotopic (exact) mass is 204 g/mol. The molecule has 4 heteroatoms. The van der Waals surface area contributed by atoms with Crippen molar-refractivity contribution in [1.29, 1.82) is 5.26 Å². The minimum atomic E-state index is -0.123. The number of nitrogens with one attached hydrogen (secondary N) is 1. The van der Waals surface area contributed by atoms with Crippen LogP contribution in [0.1, 0.15) is 37.7 Å². The predicted molar refractivity (Wildman–Crippen MR) is 57.3 cm³/mol. The van der Waals surface area contributed by atoms with E-state index < -0.39 is 0 Å². The number of hydrogen-bond acceptors (Lipinski definition) is 3. The van der Waals surface area contributed by atoms with Gasteiger partial charge < -0.3 is 5.32 Å². The highest BCUT2D eigenvalue weighted by Gasteiger charge is 2.25. The van der Waals surface area contributed by atoms with E-state index in [2.05, 4.69) is 37.3 Å². The zero-order chi connectivity index (χ0) is 11.1. The highest BCUT2D eigenvalue weighted by molar-refractivity contribution is 5.37. The molecule has 1 aliphatic heterocycles. The molecule has 4 nitrogen and oxygen atoms in total. The Bertz CT molecular complexity index is 417. The molecule has 0 radical (unpaired) electrons. The largest absolute Gasteiger partial charge is 0.312 e. The molecule has 0 atom stereocenters. The number of nitriles is 1. The lowest BCUT2D eigenvalue weighted by atomic mass is 10.1. The third kappa shape index (κ3) is 1.64. The Morgan fingerprint density at radius 2 is 2.20 bits per heavy atom. The number of fused-ring (bicyclic) bond motifs is 1. The quantitative estimate of drug-likeness (QED) is 0.690. The Labute approximate surface area is 89.9 Å². The molecular weight excluding hydrogens is 188 g/mol. The van der Waals surface area contributed by atoms with Crippen LogP contribution in [0.2, 0.25) is 0 Å². The van der Waals surface area contributed by atoms with Crippen LogP contribution in [0, 0.1) is 11.3 Å². The van der Waals surface area contributed by atoms with Gasteiger partial charge in [-0.3, -0.25) is 0 Å². The van der Waals surface area contributed by atoms with E-state index in [4.69, 9.17) is 0 Å². The zero-order valence-corrected chi connectivity index (χ0v) is 9.46. The van der Waals surface area contributed by atoms with Crippen LogP contribution in [0.5, 0.6) is 0 Å². The molecule has 0 saturated carbocycles. The van der Waals surface area contributed by atoms with Crippen LogP contribution in [-0.4, -0.2) is 16.3 Å². The number of hydrogen-bond donors (Lipinski definition) is 1. The van der Waals surface area contributed by atoms with Gasteiger partial charge in [-0.05, 0) is 20.8 Å². The molecule has 1 N–H and O–H groups in total. The maximum Gasteiger partial charge on any atom is 0.143 e. The highest BCUT2D eigenvalue weighted by atomic mass is 15.3. The summed E-state index contributed by atoms with van der Waals surface area (Å²) in [5.41, 5.74) is 2.76. The molecule has 1 aliphatic rings. The average Bonchev–Trinajstić information content (AvgIpc) is 2.55. The summed E-state index contributed by atoms with van der Waals surface area (Å²) < 4.78 is 1.85. The Morgan fingerprint density at radius 1 is 1.47 bits per heavy atom. The topological polar surface area (TPSA) is 53.6 Å². The van der Waals surface area contributed by atoms with Gasteiger partial charge in [-0.15, -0.1) is 0 Å². The van der Waals surface area contributed by atoms with E-state index in [9.17, 15) is 5.26 Å². The van der Waals surface area contributed by atoms with Gasteiger partial charge in [-0.1, -0.05) is 0 Å². The predicted octanol–water partition coefficient (Wildman–Crippen LogP) is 1.16. The lowest BCUT2D eigenvalue weighted by molar-refractivity contribution is 0.350. The Balaban J connectivity index is 2.58. The summed E-state index contributed by atoms with van der Waals surface area (Å²) in [6, 6.07) is 2.27. The van der Waals surface area contributed by atoms with Gasteiger partial charge in [0.1, 0.15) is 11.8 Å². The molecule has 0 bridgehead atoms. The van der Waals surface area contributed by atoms with Crippen LogP contribution < -0.4 is 5.32 Å². The first kappa shape index (κ1) is 10.2. The fourth-order valence-electron chi connectivity index (χ4n) is 1.90. The standard InChI is InChI=1S/C11H16N4/c1-11(2,3)15-10(6-12)8-7-13-5-4-9(8)14-15/h13H,4-5,7H2,1-3H3. The summed E-state index contributed by atoms with van der Waals surface area (Å²) >= 11 is 0. The maximum atomic E-state index is 9.19. The van der Waals surface area contributed by atoms with E-state index in [0.717, 1.165) is 30.8 Å². The summed E-state index contributed by atoms with van der Waals surface area (Å²) in [5, 5.41) is 17.0. The van der Waals surface area contributed by atoms with Crippen LogP contribution in [0.15, 0.2) is 0 Å². The molecule has 1 aromatic rings. The Hall–Kier alpha value is -1.34. The maximum absolute atomic E-state index is 9.19. The highest BCUT2D eigenvalue weighted by Crippen LogP contribution is 2.23. The molecule has 15 heavy (non-hydrogen) atoms. The summed E-state index contributed by atoms with van der Waals surface area (Å²) in [6.45, 7) is 7.94. The van der Waals surface area contributed by atoms with Crippen molar-refractivity contribution in [3.63, 3.8) is 0 Å². The number of aromatic nitrogens is 2. The van der Waals surface area contributed by atoms with Crippen molar-refractivity contribution >= 4 is 0 Å². The first-order valence-corrected chi connectivity index (χ1v) is 5.26. The Morgan fingerprint density at radius 3 is 2.80 bits per heavy atom. The van der Waals surface area contributed by atoms with E-state index in [1.807, 2.05) is 4.68 Å². The second-order valence-electron chi connectivity index (χ2n) is 4.90. The molecule has 2 heterocycles. The Kier molecular flexibility index (Phi) is 2.28. The van der Waals surface area contributed by atoms with Gasteiger partial charge in [0.2, 0.25) is 0 Å². The lowest BCUT2D eigenvalue weighted by Gasteiger charge is -2.20. The van der Waals surface area contributed by atoms with E-state index in [0.29, 0.717) is 5.69 Å². The fraction of sp³-hybridized carbons (Fsp3) is 0.636. The first-order valence-electron chi connectivity index (χ1n) is 5.26. The summed E-state index contributed by atoms with van der Waals surface area (Å²) in [4.78, 5) is 0. The molecule has 0 spiro atoms. The minimum Gasteiger partial charge on any atom is -0.312 e. The average molecular weight is 204 g/mol. The van der Waals surface area contributed by atoms with Crippen LogP contribution in [0.25, 0.3) is 0 Å². The molecule has 0 saturated heterocycles. The van der Waals surface area contributed by atoms with Crippen LogP contribution >= 0.6 is 0 Å². The normalized spacial score (nSPS) is 15.9. The van der Waals surface area contributed by atoms with Gasteiger partial charge >= 0.3 is 0 Å². The first-order chi connectivity index (χ1) is 7.04. The summed E-state index contributed by atoms with van der Waals surface area (Å²) in [5.74, 6) is 0. The molecule has 0 unspecified atom stereocenters. The lowest BCUT2D eigenvalue weighted by Crippen LogP contribution is -2.25. The van der Waals surface area contributed by atoms with Crippen molar-refractivity contribution in [3.8, 4) is 6.07 Å². The SMILES string of the molecule is CC(C)(C)n1nc2c(c1C#N)CNCC2. The fourth-order valence-corrected chi connectivity index (χ4v) is 1.90. The van der Waals surface area contributed by atoms with Crippen molar-refractivity contribution in [1.82, 2.24) is 15.1 Å². The molecule has 1 aromatic heterocycles. The zero-order valence-electron chi connectivity index (χ0n) is 9.46. The molecule has 0 amide bonds. The third-order valence-corrected chi connectivity index (χ3v) is 2.65. The summed E-state index contributed by atoms with van der Waals surface area (Å²) in [7, 11) is 0. The van der Waals surface area contributed by atoms with Crippen molar-refractivity contribution in [2.45, 2.75) is 39.3 Å². The molecular formula is C11H16N4. The van der Waals surface area contributed by atoms with Gasteiger partial charge in [-0.2, -0.15) is 10.4 Å². The smallest absolute Gasteiger partial charge is 0.143 e. The minimum absolute atomic E-state index is 0.123. The molecule has 80 valence electrons. The molecule has 0 aliphatic carbocycles. The van der Waals surface area contributed by atoms with E-state index in [1.54, 1.807) is 0 Å². The second-order valence-corrected chi connectivity index (χ2v) is 4.90. The number of rotatable bonds is 0. The van der Waals surface area contributed by atoms with Gasteiger partial charge in [0.25, 0.3) is 0 Å². The van der Waals surface area contributed by atoms with Crippen LogP contribution in [0.4, 0.5) is 0 Å². The van der Waals surface area contributed by atoms with Crippen molar-refractivity contribution in [3.05, 3.63) is 17.0 Å². The van der Waals surface area contributed by atoms with Gasteiger partial charge in [-0.25, -0.2) is 4.68 Å². The second kappa shape index (κ2) is 3.35. The van der Waals surface area contributed by atoms with Gasteiger partial charge in [0.05, 0.1) is 11.2 Å². The van der Waals surface area contributed by atoms with Crippen molar-refractivity contribution < 1.29 is 0 Å². The van der Waals surface area contributed by atoms with E-state index >= 15 is 0 Å².